The number of sulfonamides is 1. The fourth-order valence-corrected chi connectivity index (χ4v) is 3.40. The van der Waals surface area contributed by atoms with Crippen LogP contribution in [0.4, 0.5) is 5.69 Å². The molecule has 124 valence electrons. The number of nitrogens with one attached hydrogen (secondary N) is 1. The van der Waals surface area contributed by atoms with Crippen LogP contribution in [-0.2, 0) is 10.0 Å². The number of benzene rings is 2. The first-order valence-corrected chi connectivity index (χ1v) is 8.80. The lowest BCUT2D eigenvalue weighted by Gasteiger charge is -2.11. The van der Waals surface area contributed by atoms with Gasteiger partial charge in [-0.3, -0.25) is 4.72 Å². The van der Waals surface area contributed by atoms with Gasteiger partial charge < -0.3 is 0 Å². The molecule has 0 amide bonds. The molecule has 3 aromatic rings. The number of anilines is 1. The number of hydrogen-bond donors (Lipinski definition) is 1. The van der Waals surface area contributed by atoms with E-state index in [1.54, 1.807) is 49.4 Å². The zero-order valence-corrected chi connectivity index (χ0v) is 14.4. The Kier molecular flexibility index (Phi) is 4.06. The molecule has 0 saturated heterocycles. The van der Waals surface area contributed by atoms with Crippen molar-refractivity contribution in [3.63, 3.8) is 0 Å². The Hall–Kier alpha value is -2.74. The molecule has 0 atom stereocenters. The molecule has 0 unspecified atom stereocenters. The largest absolute Gasteiger partial charge is 0.280 e. The fraction of sp³-hybridized carbons (Fsp3) is 0.188. The van der Waals surface area contributed by atoms with Gasteiger partial charge in [0.15, 0.2) is 5.82 Å². The van der Waals surface area contributed by atoms with E-state index in [0.717, 1.165) is 11.1 Å². The summed E-state index contributed by atoms with van der Waals surface area (Å²) in [6.45, 7) is 5.60. The second kappa shape index (κ2) is 6.04. The minimum atomic E-state index is -3.66. The number of aryl methyl sites for hydroxylation is 3. The van der Waals surface area contributed by atoms with Gasteiger partial charge in [-0.15, -0.1) is 5.10 Å². The summed E-state index contributed by atoms with van der Waals surface area (Å²) < 4.78 is 29.3. The first-order chi connectivity index (χ1) is 11.4. The van der Waals surface area contributed by atoms with Crippen LogP contribution in [0.5, 0.6) is 0 Å². The summed E-state index contributed by atoms with van der Waals surface area (Å²) >= 11 is 0. The summed E-state index contributed by atoms with van der Waals surface area (Å²) in [6, 6.07) is 12.0. The van der Waals surface area contributed by atoms with Crippen LogP contribution in [0.25, 0.3) is 5.69 Å². The Morgan fingerprint density at radius 3 is 2.46 bits per heavy atom. The van der Waals surface area contributed by atoms with Gasteiger partial charge in [0, 0.05) is 0 Å². The van der Waals surface area contributed by atoms with Crippen molar-refractivity contribution in [1.82, 2.24) is 20.2 Å². The highest BCUT2D eigenvalue weighted by Gasteiger charge is 2.15. The number of hydrogen-bond acceptors (Lipinski definition) is 5. The van der Waals surface area contributed by atoms with E-state index in [-0.39, 0.29) is 4.90 Å². The normalized spacial score (nSPS) is 11.5. The van der Waals surface area contributed by atoms with Gasteiger partial charge >= 0.3 is 0 Å². The van der Waals surface area contributed by atoms with Crippen LogP contribution in [0.3, 0.4) is 0 Å². The Morgan fingerprint density at radius 1 is 1.00 bits per heavy atom. The Balaban J connectivity index is 1.93. The molecule has 0 saturated carbocycles. The van der Waals surface area contributed by atoms with Crippen molar-refractivity contribution in [2.45, 2.75) is 25.7 Å². The molecule has 0 fully saturated rings. The number of tetrazole rings is 1. The predicted molar refractivity (Wildman–Crippen MR) is 90.6 cm³/mol. The van der Waals surface area contributed by atoms with Crippen molar-refractivity contribution in [3.8, 4) is 5.69 Å². The number of nitrogens with zero attached hydrogens (tertiary/aromatic N) is 4. The molecule has 3 rings (SSSR count). The average Bonchev–Trinajstić information content (AvgIpc) is 2.96. The molecule has 0 aliphatic carbocycles. The highest BCUT2D eigenvalue weighted by Crippen LogP contribution is 2.20. The van der Waals surface area contributed by atoms with Crippen molar-refractivity contribution in [2.75, 3.05) is 4.72 Å². The van der Waals surface area contributed by atoms with Crippen molar-refractivity contribution in [3.05, 3.63) is 59.4 Å². The zero-order chi connectivity index (χ0) is 17.3. The molecule has 0 spiro atoms. The maximum absolute atomic E-state index is 12.6. The molecule has 1 aromatic heterocycles. The van der Waals surface area contributed by atoms with Crippen LogP contribution < -0.4 is 4.72 Å². The number of rotatable bonds is 4. The fourth-order valence-electron chi connectivity index (χ4n) is 2.27. The van der Waals surface area contributed by atoms with Gasteiger partial charge in [-0.2, -0.15) is 4.68 Å². The standard InChI is InChI=1S/C16H17N5O2S/c1-11-7-8-16(9-12(11)2)24(22,23)18-14-5-4-6-15(10-14)21-13(3)17-19-20-21/h4-10,18H,1-3H3. The summed E-state index contributed by atoms with van der Waals surface area (Å²) in [5.41, 5.74) is 3.10. The van der Waals surface area contributed by atoms with Gasteiger partial charge in [-0.1, -0.05) is 12.1 Å². The van der Waals surface area contributed by atoms with E-state index in [2.05, 4.69) is 20.2 Å². The SMILES string of the molecule is Cc1ccc(S(=O)(=O)Nc2cccc(-n3nnnc3C)c2)cc1C. The van der Waals surface area contributed by atoms with E-state index in [1.807, 2.05) is 13.8 Å². The molecule has 24 heavy (non-hydrogen) atoms. The van der Waals surface area contributed by atoms with Crippen LogP contribution in [0.1, 0.15) is 17.0 Å². The number of aromatic nitrogens is 4. The second-order valence-corrected chi connectivity index (χ2v) is 7.22. The van der Waals surface area contributed by atoms with E-state index in [4.69, 9.17) is 0 Å². The molecular weight excluding hydrogens is 326 g/mol. The Bertz CT molecular complexity index is 995. The van der Waals surface area contributed by atoms with Gasteiger partial charge in [0.25, 0.3) is 10.0 Å². The lowest BCUT2D eigenvalue weighted by molar-refractivity contribution is 0.601. The molecule has 0 aliphatic rings. The van der Waals surface area contributed by atoms with Crippen molar-refractivity contribution in [2.24, 2.45) is 0 Å². The van der Waals surface area contributed by atoms with E-state index in [1.165, 1.54) is 4.68 Å². The van der Waals surface area contributed by atoms with E-state index in [9.17, 15) is 8.42 Å². The third-order valence-electron chi connectivity index (χ3n) is 3.76. The molecule has 8 heteroatoms. The van der Waals surface area contributed by atoms with Crippen LogP contribution >= 0.6 is 0 Å². The molecule has 2 aromatic carbocycles. The van der Waals surface area contributed by atoms with E-state index < -0.39 is 10.0 Å². The molecule has 1 N–H and O–H groups in total. The molecule has 1 heterocycles. The van der Waals surface area contributed by atoms with Gasteiger partial charge in [0.2, 0.25) is 0 Å². The summed E-state index contributed by atoms with van der Waals surface area (Å²) in [7, 11) is -3.66. The summed E-state index contributed by atoms with van der Waals surface area (Å²) in [5, 5.41) is 11.3. The molecular formula is C16H17N5O2S. The highest BCUT2D eigenvalue weighted by atomic mass is 32.2. The quantitative estimate of drug-likeness (QED) is 0.785. The zero-order valence-electron chi connectivity index (χ0n) is 13.6. The maximum atomic E-state index is 12.6. The highest BCUT2D eigenvalue weighted by molar-refractivity contribution is 7.92. The minimum Gasteiger partial charge on any atom is -0.280 e. The third kappa shape index (κ3) is 3.13. The van der Waals surface area contributed by atoms with E-state index in [0.29, 0.717) is 17.2 Å². The molecule has 0 bridgehead atoms. The van der Waals surface area contributed by atoms with Crippen molar-refractivity contribution < 1.29 is 8.42 Å². The summed E-state index contributed by atoms with van der Waals surface area (Å²) in [5.74, 6) is 0.615. The van der Waals surface area contributed by atoms with Gasteiger partial charge in [-0.25, -0.2) is 8.42 Å². The van der Waals surface area contributed by atoms with Crippen molar-refractivity contribution >= 4 is 15.7 Å². The molecule has 0 aliphatic heterocycles. The first kappa shape index (κ1) is 16.1. The third-order valence-corrected chi connectivity index (χ3v) is 5.14. The minimum absolute atomic E-state index is 0.231. The average molecular weight is 343 g/mol. The lowest BCUT2D eigenvalue weighted by atomic mass is 10.1. The monoisotopic (exact) mass is 343 g/mol. The lowest BCUT2D eigenvalue weighted by Crippen LogP contribution is -2.13. The van der Waals surface area contributed by atoms with E-state index >= 15 is 0 Å². The van der Waals surface area contributed by atoms with Crippen LogP contribution in [0.15, 0.2) is 47.4 Å². The summed E-state index contributed by atoms with van der Waals surface area (Å²) in [4.78, 5) is 0.231. The maximum Gasteiger partial charge on any atom is 0.261 e. The van der Waals surface area contributed by atoms with Crippen LogP contribution in [0.2, 0.25) is 0 Å². The summed E-state index contributed by atoms with van der Waals surface area (Å²) in [6.07, 6.45) is 0. The smallest absolute Gasteiger partial charge is 0.261 e. The Morgan fingerprint density at radius 2 is 1.79 bits per heavy atom. The Labute approximate surface area is 140 Å². The van der Waals surface area contributed by atoms with Gasteiger partial charge in [0.05, 0.1) is 16.3 Å². The molecule has 7 nitrogen and oxygen atoms in total. The van der Waals surface area contributed by atoms with Crippen molar-refractivity contribution in [1.29, 1.82) is 0 Å². The van der Waals surface area contributed by atoms with Crippen LogP contribution in [-0.4, -0.2) is 28.6 Å². The topological polar surface area (TPSA) is 89.8 Å². The molecule has 0 radical (unpaired) electrons. The van der Waals surface area contributed by atoms with Crippen LogP contribution in [0, 0.1) is 20.8 Å². The predicted octanol–water partition coefficient (Wildman–Crippen LogP) is 2.39. The first-order valence-electron chi connectivity index (χ1n) is 7.32. The van der Waals surface area contributed by atoms with Gasteiger partial charge in [0.1, 0.15) is 0 Å². The van der Waals surface area contributed by atoms with Gasteiger partial charge in [-0.05, 0) is 72.7 Å². The second-order valence-electron chi connectivity index (χ2n) is 5.54.